The summed E-state index contributed by atoms with van der Waals surface area (Å²) in [5.41, 5.74) is 0.280. The highest BCUT2D eigenvalue weighted by atomic mass is 35.5. The number of nitrogens with one attached hydrogen (secondary N) is 1. The standard InChI is InChI=1S/C11H18ClN3OS/c1-6(2)8-9(17-15-14-8)10(16)13-11(4,5)7(3)12/h6-7H,1-5H3,(H,13,16). The fraction of sp³-hybridized carbons (Fsp3) is 0.727. The lowest BCUT2D eigenvalue weighted by molar-refractivity contribution is 0.0915. The van der Waals surface area contributed by atoms with Crippen molar-refractivity contribution in [1.29, 1.82) is 0 Å². The molecular formula is C11H18ClN3OS. The van der Waals surface area contributed by atoms with Gasteiger partial charge in [-0.25, -0.2) is 0 Å². The van der Waals surface area contributed by atoms with E-state index in [0.29, 0.717) is 4.88 Å². The first-order valence-electron chi connectivity index (χ1n) is 5.54. The van der Waals surface area contributed by atoms with Crippen LogP contribution >= 0.6 is 23.1 Å². The minimum atomic E-state index is -0.461. The molecule has 0 bridgehead atoms. The fourth-order valence-electron chi connectivity index (χ4n) is 1.18. The molecule has 1 unspecified atom stereocenters. The molecule has 1 aromatic heterocycles. The summed E-state index contributed by atoms with van der Waals surface area (Å²) in [7, 11) is 0. The second-order valence-electron chi connectivity index (χ2n) is 4.93. The third kappa shape index (κ3) is 3.39. The lowest BCUT2D eigenvalue weighted by atomic mass is 10.0. The zero-order chi connectivity index (χ0) is 13.2. The summed E-state index contributed by atoms with van der Waals surface area (Å²) in [6.07, 6.45) is 0. The van der Waals surface area contributed by atoms with E-state index in [0.717, 1.165) is 17.2 Å². The molecule has 0 saturated carbocycles. The third-order valence-electron chi connectivity index (χ3n) is 2.70. The van der Waals surface area contributed by atoms with E-state index >= 15 is 0 Å². The number of hydrogen-bond acceptors (Lipinski definition) is 4. The number of halogens is 1. The van der Waals surface area contributed by atoms with Gasteiger partial charge in [0, 0.05) is 0 Å². The van der Waals surface area contributed by atoms with Crippen molar-refractivity contribution in [3.8, 4) is 0 Å². The van der Waals surface area contributed by atoms with E-state index in [4.69, 9.17) is 11.6 Å². The van der Waals surface area contributed by atoms with Crippen molar-refractivity contribution in [2.75, 3.05) is 0 Å². The highest BCUT2D eigenvalue weighted by Gasteiger charge is 2.29. The van der Waals surface area contributed by atoms with Crippen LogP contribution in [0.1, 0.15) is 55.9 Å². The number of aromatic nitrogens is 2. The van der Waals surface area contributed by atoms with E-state index in [9.17, 15) is 4.79 Å². The van der Waals surface area contributed by atoms with Crippen LogP contribution in [0.3, 0.4) is 0 Å². The van der Waals surface area contributed by atoms with E-state index in [2.05, 4.69) is 14.9 Å². The van der Waals surface area contributed by atoms with Gasteiger partial charge in [0.25, 0.3) is 5.91 Å². The molecule has 1 rings (SSSR count). The van der Waals surface area contributed by atoms with Crippen molar-refractivity contribution < 1.29 is 4.79 Å². The molecule has 1 N–H and O–H groups in total. The summed E-state index contributed by atoms with van der Waals surface area (Å²) < 4.78 is 3.84. The Morgan fingerprint density at radius 3 is 2.47 bits per heavy atom. The molecule has 0 radical (unpaired) electrons. The molecule has 1 heterocycles. The Kier molecular flexibility index (Phi) is 4.49. The summed E-state index contributed by atoms with van der Waals surface area (Å²) in [5, 5.41) is 6.74. The van der Waals surface area contributed by atoms with Gasteiger partial charge in [0.15, 0.2) is 0 Å². The van der Waals surface area contributed by atoms with Crippen molar-refractivity contribution >= 4 is 29.0 Å². The van der Waals surface area contributed by atoms with Crippen LogP contribution in [0.4, 0.5) is 0 Å². The van der Waals surface area contributed by atoms with Gasteiger partial charge in [-0.1, -0.05) is 18.3 Å². The molecule has 4 nitrogen and oxygen atoms in total. The van der Waals surface area contributed by atoms with E-state index < -0.39 is 5.54 Å². The van der Waals surface area contributed by atoms with Crippen molar-refractivity contribution in [2.24, 2.45) is 0 Å². The molecule has 1 atom stereocenters. The molecule has 0 fully saturated rings. The number of carbonyl (C=O) groups excluding carboxylic acids is 1. The topological polar surface area (TPSA) is 54.9 Å². The highest BCUT2D eigenvalue weighted by Crippen LogP contribution is 2.21. The van der Waals surface area contributed by atoms with Gasteiger partial charge >= 0.3 is 0 Å². The second kappa shape index (κ2) is 5.31. The van der Waals surface area contributed by atoms with Gasteiger partial charge in [0.05, 0.1) is 16.6 Å². The third-order valence-corrected chi connectivity index (χ3v) is 3.98. The van der Waals surface area contributed by atoms with Gasteiger partial charge in [-0.15, -0.1) is 16.7 Å². The maximum atomic E-state index is 12.1. The predicted molar refractivity (Wildman–Crippen MR) is 70.9 cm³/mol. The van der Waals surface area contributed by atoms with Crippen LogP contribution in [0, 0.1) is 0 Å². The Morgan fingerprint density at radius 1 is 1.41 bits per heavy atom. The van der Waals surface area contributed by atoms with Crippen LogP contribution in [-0.2, 0) is 0 Å². The molecule has 0 spiro atoms. The summed E-state index contributed by atoms with van der Waals surface area (Å²) >= 11 is 7.16. The first kappa shape index (κ1) is 14.4. The van der Waals surface area contributed by atoms with Crippen LogP contribution in [0.5, 0.6) is 0 Å². The smallest absolute Gasteiger partial charge is 0.265 e. The summed E-state index contributed by atoms with van der Waals surface area (Å²) in [4.78, 5) is 12.7. The predicted octanol–water partition coefficient (Wildman–Crippen LogP) is 2.80. The maximum absolute atomic E-state index is 12.1. The Morgan fingerprint density at radius 2 is 2.00 bits per heavy atom. The number of carbonyl (C=O) groups is 1. The summed E-state index contributed by atoms with van der Waals surface area (Å²) in [5.74, 6) is 0.0345. The van der Waals surface area contributed by atoms with Gasteiger partial charge in [-0.05, 0) is 38.2 Å². The van der Waals surface area contributed by atoms with Crippen molar-refractivity contribution in [3.63, 3.8) is 0 Å². The number of nitrogens with zero attached hydrogens (tertiary/aromatic N) is 2. The molecule has 1 aromatic rings. The molecule has 6 heteroatoms. The molecule has 0 saturated heterocycles. The van der Waals surface area contributed by atoms with Crippen LogP contribution in [0.25, 0.3) is 0 Å². The van der Waals surface area contributed by atoms with Crippen molar-refractivity contribution in [1.82, 2.24) is 14.9 Å². The van der Waals surface area contributed by atoms with E-state index in [1.807, 2.05) is 34.6 Å². The lowest BCUT2D eigenvalue weighted by Crippen LogP contribution is -2.49. The van der Waals surface area contributed by atoms with Crippen molar-refractivity contribution in [3.05, 3.63) is 10.6 Å². The molecule has 0 aliphatic heterocycles. The Labute approximate surface area is 111 Å². The molecule has 1 amide bonds. The maximum Gasteiger partial charge on any atom is 0.265 e. The second-order valence-corrected chi connectivity index (χ2v) is 6.34. The molecule has 17 heavy (non-hydrogen) atoms. The van der Waals surface area contributed by atoms with Crippen LogP contribution in [0.2, 0.25) is 0 Å². The number of hydrogen-bond donors (Lipinski definition) is 1. The minimum Gasteiger partial charge on any atom is -0.345 e. The van der Waals surface area contributed by atoms with E-state index in [-0.39, 0.29) is 17.2 Å². The summed E-state index contributed by atoms with van der Waals surface area (Å²) in [6.45, 7) is 9.62. The normalized spacial score (nSPS) is 13.8. The van der Waals surface area contributed by atoms with Gasteiger partial charge in [-0.3, -0.25) is 4.79 Å². The number of amides is 1. The van der Waals surface area contributed by atoms with E-state index in [1.165, 1.54) is 0 Å². The number of rotatable bonds is 4. The zero-order valence-corrected chi connectivity index (χ0v) is 12.3. The summed E-state index contributed by atoms with van der Waals surface area (Å²) in [6, 6.07) is 0. The van der Waals surface area contributed by atoms with Gasteiger partial charge < -0.3 is 5.32 Å². The Bertz CT molecular complexity index is 401. The highest BCUT2D eigenvalue weighted by molar-refractivity contribution is 7.08. The molecule has 0 aromatic carbocycles. The van der Waals surface area contributed by atoms with Gasteiger partial charge in [0.2, 0.25) is 0 Å². The first-order chi connectivity index (χ1) is 7.75. The SMILES string of the molecule is CC(C)c1nnsc1C(=O)NC(C)(C)C(C)Cl. The lowest BCUT2D eigenvalue weighted by Gasteiger charge is -2.28. The first-order valence-corrected chi connectivity index (χ1v) is 6.75. The monoisotopic (exact) mass is 275 g/mol. The quantitative estimate of drug-likeness (QED) is 0.860. The average molecular weight is 276 g/mol. The van der Waals surface area contributed by atoms with Crippen molar-refractivity contribution in [2.45, 2.75) is 51.5 Å². The molecule has 0 aliphatic carbocycles. The van der Waals surface area contributed by atoms with E-state index in [1.54, 1.807) is 0 Å². The molecular weight excluding hydrogens is 258 g/mol. The number of alkyl halides is 1. The largest absolute Gasteiger partial charge is 0.345 e. The van der Waals surface area contributed by atoms with Crippen LogP contribution < -0.4 is 5.32 Å². The van der Waals surface area contributed by atoms with Crippen LogP contribution in [-0.4, -0.2) is 26.4 Å². The zero-order valence-electron chi connectivity index (χ0n) is 10.7. The Balaban J connectivity index is 2.87. The Hall–Kier alpha value is -0.680. The minimum absolute atomic E-state index is 0.152. The molecule has 96 valence electrons. The molecule has 0 aliphatic rings. The average Bonchev–Trinajstić information content (AvgIpc) is 2.64. The van der Waals surface area contributed by atoms with Gasteiger partial charge in [-0.2, -0.15) is 0 Å². The van der Waals surface area contributed by atoms with Gasteiger partial charge in [0.1, 0.15) is 4.88 Å². The fourth-order valence-corrected chi connectivity index (χ4v) is 1.95. The van der Waals surface area contributed by atoms with Crippen LogP contribution in [0.15, 0.2) is 0 Å².